The maximum absolute atomic E-state index is 13.6. The third kappa shape index (κ3) is 4.74. The van der Waals surface area contributed by atoms with Crippen LogP contribution in [-0.2, 0) is 20.0 Å². The number of sulfonamides is 2. The fraction of sp³-hybridized carbons (Fsp3) is 0.300. The number of carboxylic acids is 1. The summed E-state index contributed by atoms with van der Waals surface area (Å²) in [6.45, 7) is -0.453. The van der Waals surface area contributed by atoms with E-state index in [1.165, 1.54) is 7.05 Å². The molecule has 1 aromatic carbocycles. The Balaban J connectivity index is 2.91. The van der Waals surface area contributed by atoms with Gasteiger partial charge in [0.1, 0.15) is 10.7 Å². The van der Waals surface area contributed by atoms with Gasteiger partial charge in [-0.1, -0.05) is 0 Å². The molecule has 8 nitrogen and oxygen atoms in total. The summed E-state index contributed by atoms with van der Waals surface area (Å²) in [5.41, 5.74) is -0.399. The number of benzene rings is 1. The molecule has 0 heterocycles. The van der Waals surface area contributed by atoms with Crippen molar-refractivity contribution in [2.75, 3.05) is 19.3 Å². The van der Waals surface area contributed by atoms with Gasteiger partial charge in [0.15, 0.2) is 0 Å². The highest BCUT2D eigenvalue weighted by Crippen LogP contribution is 2.16. The van der Waals surface area contributed by atoms with Gasteiger partial charge in [-0.25, -0.2) is 35.5 Å². The van der Waals surface area contributed by atoms with Crippen molar-refractivity contribution in [1.29, 1.82) is 0 Å². The zero-order chi connectivity index (χ0) is 16.3. The van der Waals surface area contributed by atoms with E-state index in [1.54, 1.807) is 0 Å². The monoisotopic (exact) mass is 340 g/mol. The van der Waals surface area contributed by atoms with Gasteiger partial charge in [-0.3, -0.25) is 0 Å². The third-order valence-electron chi connectivity index (χ3n) is 2.44. The summed E-state index contributed by atoms with van der Waals surface area (Å²) in [6, 6.07) is 2.30. The van der Waals surface area contributed by atoms with Crippen molar-refractivity contribution in [2.24, 2.45) is 0 Å². The van der Waals surface area contributed by atoms with Crippen LogP contribution < -0.4 is 9.44 Å². The zero-order valence-electron chi connectivity index (χ0n) is 10.8. The van der Waals surface area contributed by atoms with E-state index < -0.39 is 54.6 Å². The first-order valence-electron chi connectivity index (χ1n) is 5.53. The number of aromatic carboxylic acids is 1. The van der Waals surface area contributed by atoms with E-state index in [4.69, 9.17) is 5.11 Å². The quantitative estimate of drug-likeness (QED) is 0.605. The second kappa shape index (κ2) is 6.47. The van der Waals surface area contributed by atoms with Crippen molar-refractivity contribution < 1.29 is 31.1 Å². The largest absolute Gasteiger partial charge is 0.478 e. The molecule has 0 aliphatic heterocycles. The molecule has 3 N–H and O–H groups in total. The molecular weight excluding hydrogens is 327 g/mol. The SMILES string of the molecule is CNS(=O)(=O)CCNS(=O)(=O)c1ccc(C(=O)O)cc1F. The minimum atomic E-state index is -4.27. The number of halogens is 1. The van der Waals surface area contributed by atoms with Crippen LogP contribution in [0.4, 0.5) is 4.39 Å². The van der Waals surface area contributed by atoms with Crippen molar-refractivity contribution in [1.82, 2.24) is 9.44 Å². The van der Waals surface area contributed by atoms with Crippen molar-refractivity contribution >= 4 is 26.0 Å². The fourth-order valence-electron chi connectivity index (χ4n) is 1.34. The number of nitrogens with one attached hydrogen (secondary N) is 2. The number of rotatable bonds is 7. The van der Waals surface area contributed by atoms with E-state index in [0.29, 0.717) is 6.07 Å². The van der Waals surface area contributed by atoms with E-state index in [0.717, 1.165) is 12.1 Å². The smallest absolute Gasteiger partial charge is 0.335 e. The summed E-state index contributed by atoms with van der Waals surface area (Å²) in [4.78, 5) is 9.87. The van der Waals surface area contributed by atoms with Crippen LogP contribution in [0.5, 0.6) is 0 Å². The molecular formula is C10H13FN2O6S2. The molecule has 0 aliphatic carbocycles. The average Bonchev–Trinajstić information content (AvgIpc) is 2.37. The van der Waals surface area contributed by atoms with E-state index in [1.807, 2.05) is 9.44 Å². The topological polar surface area (TPSA) is 130 Å². The molecule has 118 valence electrons. The minimum absolute atomic E-state index is 0.399. The van der Waals surface area contributed by atoms with Crippen LogP contribution in [0.15, 0.2) is 23.1 Å². The molecule has 21 heavy (non-hydrogen) atoms. The highest BCUT2D eigenvalue weighted by molar-refractivity contribution is 7.90. The van der Waals surface area contributed by atoms with Crippen molar-refractivity contribution in [3.05, 3.63) is 29.6 Å². The molecule has 0 unspecified atom stereocenters. The lowest BCUT2D eigenvalue weighted by Gasteiger charge is -2.08. The molecule has 0 aliphatic rings. The van der Waals surface area contributed by atoms with Crippen LogP contribution in [0.2, 0.25) is 0 Å². The summed E-state index contributed by atoms with van der Waals surface area (Å²) in [5, 5.41) is 8.66. The Morgan fingerprint density at radius 2 is 1.90 bits per heavy atom. The standard InChI is InChI=1S/C10H13FN2O6S2/c1-12-20(16,17)5-4-13-21(18,19)9-3-2-7(10(14)15)6-8(9)11/h2-3,6,12-13H,4-5H2,1H3,(H,14,15). The number of hydrogen-bond donors (Lipinski definition) is 3. The number of carboxylic acid groups (broad SMARTS) is 1. The second-order valence-corrected chi connectivity index (χ2v) is 7.65. The Morgan fingerprint density at radius 1 is 1.29 bits per heavy atom. The normalized spacial score (nSPS) is 12.3. The number of hydrogen-bond acceptors (Lipinski definition) is 5. The molecule has 1 aromatic rings. The van der Waals surface area contributed by atoms with Crippen molar-refractivity contribution in [2.45, 2.75) is 4.90 Å². The summed E-state index contributed by atoms with van der Waals surface area (Å²) >= 11 is 0. The van der Waals surface area contributed by atoms with Crippen molar-refractivity contribution in [3.8, 4) is 0 Å². The Labute approximate surface area is 121 Å². The van der Waals surface area contributed by atoms with Gasteiger partial charge >= 0.3 is 5.97 Å². The van der Waals surface area contributed by atoms with Gasteiger partial charge in [-0.2, -0.15) is 0 Å². The summed E-state index contributed by atoms with van der Waals surface area (Å²) in [7, 11) is -6.70. The Hall–Kier alpha value is -1.56. The predicted molar refractivity (Wildman–Crippen MR) is 71.4 cm³/mol. The average molecular weight is 340 g/mol. The highest BCUT2D eigenvalue weighted by atomic mass is 32.2. The third-order valence-corrected chi connectivity index (χ3v) is 5.30. The first-order valence-corrected chi connectivity index (χ1v) is 8.66. The van der Waals surface area contributed by atoms with Crippen LogP contribution in [0, 0.1) is 5.82 Å². The fourth-order valence-corrected chi connectivity index (χ4v) is 3.14. The first-order chi connectivity index (χ1) is 9.59. The van der Waals surface area contributed by atoms with E-state index >= 15 is 0 Å². The van der Waals surface area contributed by atoms with Gasteiger partial charge in [-0.05, 0) is 25.2 Å². The summed E-state index contributed by atoms with van der Waals surface area (Å²) in [6.07, 6.45) is 0. The summed E-state index contributed by atoms with van der Waals surface area (Å²) in [5.74, 6) is -3.15. The molecule has 0 bridgehead atoms. The van der Waals surface area contributed by atoms with Crippen LogP contribution in [-0.4, -0.2) is 47.3 Å². The van der Waals surface area contributed by atoms with Gasteiger partial charge in [0.05, 0.1) is 11.3 Å². The second-order valence-electron chi connectivity index (χ2n) is 3.87. The summed E-state index contributed by atoms with van der Waals surface area (Å²) < 4.78 is 63.4. The van der Waals surface area contributed by atoms with Gasteiger partial charge in [0.25, 0.3) is 0 Å². The molecule has 0 radical (unpaired) electrons. The lowest BCUT2D eigenvalue weighted by molar-refractivity contribution is 0.0696. The maximum Gasteiger partial charge on any atom is 0.335 e. The molecule has 1 rings (SSSR count). The lowest BCUT2D eigenvalue weighted by Crippen LogP contribution is -2.33. The van der Waals surface area contributed by atoms with Gasteiger partial charge in [0.2, 0.25) is 20.0 Å². The van der Waals surface area contributed by atoms with E-state index in [9.17, 15) is 26.0 Å². The van der Waals surface area contributed by atoms with Crippen molar-refractivity contribution in [3.63, 3.8) is 0 Å². The van der Waals surface area contributed by atoms with Crippen LogP contribution in [0.3, 0.4) is 0 Å². The van der Waals surface area contributed by atoms with Gasteiger partial charge in [-0.15, -0.1) is 0 Å². The number of carbonyl (C=O) groups is 1. The first kappa shape index (κ1) is 17.5. The van der Waals surface area contributed by atoms with E-state index in [-0.39, 0.29) is 0 Å². The van der Waals surface area contributed by atoms with Crippen LogP contribution in [0.25, 0.3) is 0 Å². The maximum atomic E-state index is 13.6. The molecule has 0 spiro atoms. The Kier molecular flexibility index (Phi) is 5.39. The molecule has 0 atom stereocenters. The van der Waals surface area contributed by atoms with Crippen LogP contribution in [0.1, 0.15) is 10.4 Å². The predicted octanol–water partition coefficient (Wildman–Crippen LogP) is -0.649. The molecule has 0 amide bonds. The minimum Gasteiger partial charge on any atom is -0.478 e. The van der Waals surface area contributed by atoms with Gasteiger partial charge < -0.3 is 5.11 Å². The molecule has 0 fully saturated rings. The lowest BCUT2D eigenvalue weighted by atomic mass is 10.2. The molecule has 0 saturated heterocycles. The Bertz CT molecular complexity index is 745. The zero-order valence-corrected chi connectivity index (χ0v) is 12.5. The Morgan fingerprint density at radius 3 is 2.38 bits per heavy atom. The molecule has 0 aromatic heterocycles. The van der Waals surface area contributed by atoms with Gasteiger partial charge in [0, 0.05) is 6.54 Å². The van der Waals surface area contributed by atoms with Crippen LogP contribution >= 0.6 is 0 Å². The highest BCUT2D eigenvalue weighted by Gasteiger charge is 2.21. The molecule has 0 saturated carbocycles. The van der Waals surface area contributed by atoms with E-state index in [2.05, 4.69) is 0 Å². The molecule has 11 heteroatoms.